The third-order valence-electron chi connectivity index (χ3n) is 3.97. The van der Waals surface area contributed by atoms with E-state index < -0.39 is 21.9 Å². The summed E-state index contributed by atoms with van der Waals surface area (Å²) in [6, 6.07) is 0. The normalized spacial score (nSPS) is 11.6. The Morgan fingerprint density at radius 1 is 0.750 bits per heavy atom. The van der Waals surface area contributed by atoms with Gasteiger partial charge in [-0.2, -0.15) is 13.1 Å². The Morgan fingerprint density at radius 2 is 1.20 bits per heavy atom. The lowest BCUT2D eigenvalue weighted by Crippen LogP contribution is -2.42. The number of amides is 1. The van der Waals surface area contributed by atoms with E-state index in [9.17, 15) is 18.0 Å². The zero-order valence-corrected chi connectivity index (χ0v) is 24.3. The van der Waals surface area contributed by atoms with Gasteiger partial charge in [-0.3, -0.25) is 4.79 Å². The first kappa shape index (κ1) is 37.7. The third-order valence-corrected chi connectivity index (χ3v) is 4.99. The second-order valence-electron chi connectivity index (χ2n) is 8.60. The Morgan fingerprint density at radius 3 is 1.65 bits per heavy atom. The first-order valence-electron chi connectivity index (χ1n) is 12.7. The summed E-state index contributed by atoms with van der Waals surface area (Å²) in [4.78, 5) is 25.3. The van der Waals surface area contributed by atoms with Gasteiger partial charge in [0.05, 0.1) is 98.9 Å². The quantitative estimate of drug-likeness (QED) is 0.0460. The van der Waals surface area contributed by atoms with Crippen LogP contribution in [-0.4, -0.2) is 125 Å². The Kier molecular flexibility index (Phi) is 23.1. The average Bonchev–Trinajstić information content (AvgIpc) is 2.86. The van der Waals surface area contributed by atoms with E-state index in [-0.39, 0.29) is 51.9 Å². The molecule has 0 saturated heterocycles. The summed E-state index contributed by atoms with van der Waals surface area (Å²) in [6.07, 6.45) is -0.986. The number of esters is 1. The molecule has 0 saturated carbocycles. The van der Waals surface area contributed by atoms with E-state index in [4.69, 9.17) is 38.7 Å². The molecule has 0 bridgehead atoms. The molecular weight excluding hydrogens is 558 g/mol. The molecule has 2 N–H and O–H groups in total. The summed E-state index contributed by atoms with van der Waals surface area (Å²) in [5, 5.41) is 3.14. The Balaban J connectivity index is 3.35. The molecule has 18 heteroatoms. The number of rotatable bonds is 26. The number of azide groups is 1. The Labute approximate surface area is 235 Å². The smallest absolute Gasteiger partial charge is 0.421 e. The maximum Gasteiger partial charge on any atom is 0.421 e. The molecule has 1 amide bonds. The number of nitrogens with one attached hydrogen (secondary N) is 2. The van der Waals surface area contributed by atoms with E-state index in [2.05, 4.69) is 19.5 Å². The van der Waals surface area contributed by atoms with Crippen LogP contribution in [0.1, 0.15) is 27.2 Å². The van der Waals surface area contributed by atoms with Crippen molar-refractivity contribution < 1.29 is 55.9 Å². The minimum absolute atomic E-state index is 0.0644. The molecule has 0 rings (SSSR count). The predicted molar refractivity (Wildman–Crippen MR) is 141 cm³/mol. The molecule has 0 heterocycles. The van der Waals surface area contributed by atoms with Gasteiger partial charge in [-0.1, -0.05) is 5.11 Å². The van der Waals surface area contributed by atoms with E-state index in [0.29, 0.717) is 59.5 Å². The average molecular weight is 602 g/mol. The van der Waals surface area contributed by atoms with Crippen LogP contribution in [0.15, 0.2) is 5.11 Å². The van der Waals surface area contributed by atoms with Crippen LogP contribution in [-0.2, 0) is 52.9 Å². The van der Waals surface area contributed by atoms with Crippen LogP contribution in [0.25, 0.3) is 10.4 Å². The standard InChI is InChI=1S/C22H43N5O12S/c1-22(2,3)39-20(28)4-7-32-10-12-34-14-16-36-18-19-37-17-15-35-13-11-33-8-6-25-40(30,31)26-21(29)38-9-5-24-27-23/h25H,4-19H2,1-3H3,(H,26,29). The minimum Gasteiger partial charge on any atom is -0.460 e. The molecule has 0 fully saturated rings. The number of hydrogen-bond acceptors (Lipinski definition) is 13. The highest BCUT2D eigenvalue weighted by atomic mass is 32.2. The summed E-state index contributed by atoms with van der Waals surface area (Å²) in [5.41, 5.74) is 7.59. The van der Waals surface area contributed by atoms with Crippen molar-refractivity contribution in [2.24, 2.45) is 5.11 Å². The van der Waals surface area contributed by atoms with Crippen molar-refractivity contribution in [1.82, 2.24) is 9.44 Å². The van der Waals surface area contributed by atoms with Crippen molar-refractivity contribution in [1.29, 1.82) is 0 Å². The zero-order valence-electron chi connectivity index (χ0n) is 23.5. The largest absolute Gasteiger partial charge is 0.460 e. The maximum absolute atomic E-state index is 11.6. The fourth-order valence-electron chi connectivity index (χ4n) is 2.40. The Hall–Kier alpha value is -2.28. The van der Waals surface area contributed by atoms with Gasteiger partial charge in [-0.15, -0.1) is 0 Å². The van der Waals surface area contributed by atoms with Crippen molar-refractivity contribution in [3.8, 4) is 0 Å². The van der Waals surface area contributed by atoms with E-state index in [0.717, 1.165) is 0 Å². The van der Waals surface area contributed by atoms with Crippen LogP contribution < -0.4 is 9.44 Å². The molecule has 17 nitrogen and oxygen atoms in total. The molecule has 0 unspecified atom stereocenters. The van der Waals surface area contributed by atoms with E-state index >= 15 is 0 Å². The van der Waals surface area contributed by atoms with Gasteiger partial charge in [0.1, 0.15) is 5.60 Å². The van der Waals surface area contributed by atoms with E-state index in [1.54, 1.807) is 4.72 Å². The Bertz CT molecular complexity index is 819. The van der Waals surface area contributed by atoms with Crippen LogP contribution >= 0.6 is 0 Å². The zero-order chi connectivity index (χ0) is 30.0. The van der Waals surface area contributed by atoms with Gasteiger partial charge in [-0.25, -0.2) is 9.52 Å². The topological polar surface area (TPSA) is 215 Å². The lowest BCUT2D eigenvalue weighted by atomic mass is 10.2. The second kappa shape index (κ2) is 24.5. The van der Waals surface area contributed by atoms with Crippen molar-refractivity contribution in [3.05, 3.63) is 10.4 Å². The van der Waals surface area contributed by atoms with Crippen molar-refractivity contribution in [3.63, 3.8) is 0 Å². The highest BCUT2D eigenvalue weighted by Crippen LogP contribution is 2.08. The molecule has 0 aromatic heterocycles. The summed E-state index contributed by atoms with van der Waals surface area (Å²) < 4.78 is 68.8. The summed E-state index contributed by atoms with van der Waals surface area (Å²) >= 11 is 0. The van der Waals surface area contributed by atoms with Gasteiger partial charge in [0.25, 0.3) is 0 Å². The molecule has 0 aliphatic rings. The molecule has 0 aliphatic carbocycles. The molecule has 234 valence electrons. The molecule has 0 atom stereocenters. The first-order valence-corrected chi connectivity index (χ1v) is 14.2. The summed E-state index contributed by atoms with van der Waals surface area (Å²) in [5.74, 6) is -0.290. The summed E-state index contributed by atoms with van der Waals surface area (Å²) in [6.45, 7) is 9.10. The number of carbonyl (C=O) groups excluding carboxylic acids is 2. The SMILES string of the molecule is CC(C)(C)OC(=O)CCOCCOCCOCCOCCOCCOCCNS(=O)(=O)NC(=O)OCCN=[N+]=[N-]. The van der Waals surface area contributed by atoms with Gasteiger partial charge >= 0.3 is 22.3 Å². The predicted octanol–water partition coefficient (Wildman–Crippen LogP) is 0.689. The van der Waals surface area contributed by atoms with Gasteiger partial charge in [0.2, 0.25) is 0 Å². The molecule has 0 aromatic rings. The van der Waals surface area contributed by atoms with Crippen molar-refractivity contribution >= 4 is 22.3 Å². The molecular formula is C22H43N5O12S. The highest BCUT2D eigenvalue weighted by molar-refractivity contribution is 7.88. The maximum atomic E-state index is 11.6. The third kappa shape index (κ3) is 28.7. The van der Waals surface area contributed by atoms with E-state index in [1.165, 1.54) is 0 Å². The molecule has 0 spiro atoms. The molecule has 0 radical (unpaired) electrons. The van der Waals surface area contributed by atoms with E-state index in [1.807, 2.05) is 20.8 Å². The number of carbonyl (C=O) groups is 2. The molecule has 0 aliphatic heterocycles. The highest BCUT2D eigenvalue weighted by Gasteiger charge is 2.16. The number of ether oxygens (including phenoxy) is 8. The number of nitrogens with zero attached hydrogens (tertiary/aromatic N) is 3. The van der Waals surface area contributed by atoms with Gasteiger partial charge in [0, 0.05) is 11.5 Å². The second-order valence-corrected chi connectivity index (χ2v) is 10.1. The van der Waals surface area contributed by atoms with Crippen molar-refractivity contribution in [2.45, 2.75) is 32.8 Å². The monoisotopic (exact) mass is 601 g/mol. The van der Waals surface area contributed by atoms with Crippen molar-refractivity contribution in [2.75, 3.05) is 99.0 Å². The van der Waals surface area contributed by atoms with Crippen LogP contribution in [0.5, 0.6) is 0 Å². The minimum atomic E-state index is -4.10. The lowest BCUT2D eigenvalue weighted by Gasteiger charge is -2.19. The lowest BCUT2D eigenvalue weighted by molar-refractivity contribution is -0.156. The fourth-order valence-corrected chi connectivity index (χ4v) is 3.10. The first-order chi connectivity index (χ1) is 19.1. The van der Waals surface area contributed by atoms with Crippen LogP contribution in [0.3, 0.4) is 0 Å². The number of hydrogen-bond donors (Lipinski definition) is 2. The fraction of sp³-hybridized carbons (Fsp3) is 0.909. The summed E-state index contributed by atoms with van der Waals surface area (Å²) in [7, 11) is -4.10. The van der Waals surface area contributed by atoms with Crippen LogP contribution in [0.2, 0.25) is 0 Å². The molecule has 0 aromatic carbocycles. The van der Waals surface area contributed by atoms with Gasteiger partial charge in [-0.05, 0) is 26.3 Å². The van der Waals surface area contributed by atoms with Crippen LogP contribution in [0.4, 0.5) is 4.79 Å². The molecule has 40 heavy (non-hydrogen) atoms. The van der Waals surface area contributed by atoms with Gasteiger partial charge < -0.3 is 37.9 Å². The van der Waals surface area contributed by atoms with Gasteiger partial charge in [0.15, 0.2) is 0 Å². The van der Waals surface area contributed by atoms with Crippen LogP contribution in [0, 0.1) is 0 Å².